The summed E-state index contributed by atoms with van der Waals surface area (Å²) in [5, 5.41) is 6.04. The largest absolute Gasteiger partial charge is 0.487 e. The van der Waals surface area contributed by atoms with Crippen molar-refractivity contribution in [1.82, 2.24) is 0 Å². The molecule has 0 bridgehead atoms. The first-order valence-electron chi connectivity index (χ1n) is 3.79. The van der Waals surface area contributed by atoms with Crippen LogP contribution < -0.4 is 9.88 Å². The van der Waals surface area contributed by atoms with Crippen molar-refractivity contribution in [3.63, 3.8) is 0 Å². The maximum Gasteiger partial charge on any atom is 0.348 e. The molecule has 0 amide bonds. The van der Waals surface area contributed by atoms with E-state index >= 15 is 0 Å². The van der Waals surface area contributed by atoms with Crippen LogP contribution in [0.3, 0.4) is 0 Å². The van der Waals surface area contributed by atoms with E-state index in [-0.39, 0.29) is 5.97 Å². The molecule has 2 N–H and O–H groups in total. The zero-order valence-electron chi connectivity index (χ0n) is 7.90. The summed E-state index contributed by atoms with van der Waals surface area (Å²) < 4.78 is 9.68. The standard InChI is InChI=1S/C8H11NO3S2/c1-11-6-3-5(4-13-9)7(14-6)8(10)12-2/h3H,4,9H2,1-2H3. The number of ether oxygens (including phenoxy) is 2. The molecule has 0 atom stereocenters. The van der Waals surface area contributed by atoms with Gasteiger partial charge in [-0.1, -0.05) is 23.3 Å². The van der Waals surface area contributed by atoms with Crippen LogP contribution in [0.1, 0.15) is 15.2 Å². The summed E-state index contributed by atoms with van der Waals surface area (Å²) in [6, 6.07) is 1.80. The molecule has 0 radical (unpaired) electrons. The van der Waals surface area contributed by atoms with E-state index in [9.17, 15) is 4.79 Å². The van der Waals surface area contributed by atoms with Gasteiger partial charge in [0, 0.05) is 5.75 Å². The molecule has 1 aromatic rings. The van der Waals surface area contributed by atoms with E-state index in [0.29, 0.717) is 15.7 Å². The zero-order valence-corrected chi connectivity index (χ0v) is 9.54. The molecule has 0 aromatic carbocycles. The Labute approximate surface area is 90.5 Å². The van der Waals surface area contributed by atoms with E-state index in [0.717, 1.165) is 17.5 Å². The van der Waals surface area contributed by atoms with Crippen molar-refractivity contribution < 1.29 is 14.3 Å². The summed E-state index contributed by atoms with van der Waals surface area (Å²) in [6.07, 6.45) is 0. The normalized spacial score (nSPS) is 9.93. The van der Waals surface area contributed by atoms with E-state index in [2.05, 4.69) is 4.74 Å². The van der Waals surface area contributed by atoms with Gasteiger partial charge in [0.25, 0.3) is 0 Å². The van der Waals surface area contributed by atoms with Crippen molar-refractivity contribution in [2.75, 3.05) is 14.2 Å². The molecule has 14 heavy (non-hydrogen) atoms. The second-order valence-electron chi connectivity index (χ2n) is 2.43. The number of esters is 1. The Balaban J connectivity index is 2.99. The molecule has 4 nitrogen and oxygen atoms in total. The Kier molecular flexibility index (Phi) is 4.24. The summed E-state index contributed by atoms with van der Waals surface area (Å²) >= 11 is 2.43. The van der Waals surface area contributed by atoms with Crippen LogP contribution in [0.15, 0.2) is 6.07 Å². The third-order valence-electron chi connectivity index (χ3n) is 1.60. The van der Waals surface area contributed by atoms with Crippen LogP contribution in [-0.4, -0.2) is 20.2 Å². The van der Waals surface area contributed by atoms with E-state index in [4.69, 9.17) is 9.88 Å². The van der Waals surface area contributed by atoms with Gasteiger partial charge in [-0.15, -0.1) is 0 Å². The number of carbonyl (C=O) groups is 1. The van der Waals surface area contributed by atoms with E-state index in [1.807, 2.05) is 0 Å². The molecule has 0 aliphatic rings. The van der Waals surface area contributed by atoms with Crippen LogP contribution in [-0.2, 0) is 10.5 Å². The number of rotatable bonds is 4. The number of methoxy groups -OCH3 is 2. The summed E-state index contributed by atoms with van der Waals surface area (Å²) in [5.74, 6) is 0.229. The average Bonchev–Trinajstić information content (AvgIpc) is 2.61. The molecule has 1 aromatic heterocycles. The average molecular weight is 233 g/mol. The monoisotopic (exact) mass is 233 g/mol. The minimum absolute atomic E-state index is 0.345. The van der Waals surface area contributed by atoms with Gasteiger partial charge in [-0.2, -0.15) is 0 Å². The minimum atomic E-state index is -0.345. The highest BCUT2D eigenvalue weighted by Crippen LogP contribution is 2.31. The summed E-state index contributed by atoms with van der Waals surface area (Å²) in [4.78, 5) is 11.9. The predicted octanol–water partition coefficient (Wildman–Crippen LogP) is 1.65. The van der Waals surface area contributed by atoms with Crippen molar-refractivity contribution in [3.05, 3.63) is 16.5 Å². The highest BCUT2D eigenvalue weighted by molar-refractivity contribution is 7.96. The zero-order chi connectivity index (χ0) is 10.6. The summed E-state index contributed by atoms with van der Waals surface area (Å²) in [6.45, 7) is 0. The maximum atomic E-state index is 11.3. The number of hydrogen-bond acceptors (Lipinski definition) is 6. The van der Waals surface area contributed by atoms with Crippen LogP contribution in [0.4, 0.5) is 0 Å². The number of carbonyl (C=O) groups excluding carboxylic acids is 1. The first kappa shape index (κ1) is 11.4. The van der Waals surface area contributed by atoms with Crippen LogP contribution in [0.2, 0.25) is 0 Å². The molecule has 0 saturated heterocycles. The Morgan fingerprint density at radius 3 is 2.86 bits per heavy atom. The van der Waals surface area contributed by atoms with Gasteiger partial charge < -0.3 is 9.47 Å². The third-order valence-corrected chi connectivity index (χ3v) is 3.19. The molecule has 0 aliphatic carbocycles. The van der Waals surface area contributed by atoms with Crippen LogP contribution in [0, 0.1) is 0 Å². The van der Waals surface area contributed by atoms with Gasteiger partial charge in [0.2, 0.25) is 0 Å². The number of nitrogens with two attached hydrogens (primary N) is 1. The van der Waals surface area contributed by atoms with E-state index in [1.165, 1.54) is 18.4 Å². The molecule has 0 unspecified atom stereocenters. The van der Waals surface area contributed by atoms with Crippen LogP contribution >= 0.6 is 23.3 Å². The first-order chi connectivity index (χ1) is 6.72. The molecule has 1 heterocycles. The van der Waals surface area contributed by atoms with Gasteiger partial charge in [-0.25, -0.2) is 4.79 Å². The lowest BCUT2D eigenvalue weighted by Gasteiger charge is -1.98. The van der Waals surface area contributed by atoms with Crippen molar-refractivity contribution in [3.8, 4) is 5.06 Å². The van der Waals surface area contributed by atoms with Gasteiger partial charge in [-0.05, 0) is 11.6 Å². The van der Waals surface area contributed by atoms with E-state index < -0.39 is 0 Å². The molecule has 0 fully saturated rings. The Hall–Kier alpha value is -0.720. The Morgan fingerprint density at radius 1 is 1.64 bits per heavy atom. The second-order valence-corrected chi connectivity index (χ2v) is 4.06. The smallest absolute Gasteiger partial charge is 0.348 e. The van der Waals surface area contributed by atoms with Crippen molar-refractivity contribution in [1.29, 1.82) is 0 Å². The quantitative estimate of drug-likeness (QED) is 0.633. The lowest BCUT2D eigenvalue weighted by atomic mass is 10.3. The fraction of sp³-hybridized carbons (Fsp3) is 0.375. The third kappa shape index (κ3) is 2.40. The van der Waals surface area contributed by atoms with Crippen molar-refractivity contribution >= 4 is 29.3 Å². The highest BCUT2D eigenvalue weighted by Gasteiger charge is 2.16. The Bertz CT molecular complexity index is 324. The van der Waals surface area contributed by atoms with Gasteiger partial charge >= 0.3 is 5.97 Å². The van der Waals surface area contributed by atoms with Crippen LogP contribution in [0.25, 0.3) is 0 Å². The lowest BCUT2D eigenvalue weighted by Crippen LogP contribution is -2.01. The molecule has 78 valence electrons. The first-order valence-corrected chi connectivity index (χ1v) is 5.66. The van der Waals surface area contributed by atoms with Gasteiger partial charge in [0.05, 0.1) is 14.2 Å². The summed E-state index contributed by atoms with van der Waals surface area (Å²) in [5.41, 5.74) is 0.853. The predicted molar refractivity (Wildman–Crippen MR) is 57.7 cm³/mol. The van der Waals surface area contributed by atoms with Gasteiger partial charge in [0.15, 0.2) is 5.06 Å². The SMILES string of the molecule is COC(=O)c1sc(OC)cc1CSN. The Morgan fingerprint density at radius 2 is 2.36 bits per heavy atom. The van der Waals surface area contributed by atoms with Crippen molar-refractivity contribution in [2.45, 2.75) is 5.75 Å². The summed E-state index contributed by atoms with van der Waals surface area (Å²) in [7, 11) is 2.92. The lowest BCUT2D eigenvalue weighted by molar-refractivity contribution is 0.0605. The maximum absolute atomic E-state index is 11.3. The molecule has 0 aliphatic heterocycles. The topological polar surface area (TPSA) is 61.5 Å². The molecule has 0 spiro atoms. The van der Waals surface area contributed by atoms with Crippen LogP contribution in [0.5, 0.6) is 5.06 Å². The van der Waals surface area contributed by atoms with Crippen molar-refractivity contribution in [2.24, 2.45) is 5.14 Å². The number of hydrogen-bond donors (Lipinski definition) is 1. The van der Waals surface area contributed by atoms with Gasteiger partial charge in [-0.3, -0.25) is 5.14 Å². The van der Waals surface area contributed by atoms with E-state index in [1.54, 1.807) is 13.2 Å². The highest BCUT2D eigenvalue weighted by atomic mass is 32.2. The van der Waals surface area contributed by atoms with Gasteiger partial charge in [0.1, 0.15) is 4.88 Å². The number of thiophene rings is 1. The molecular weight excluding hydrogens is 222 g/mol. The molecule has 1 rings (SSSR count). The second kappa shape index (κ2) is 5.23. The fourth-order valence-electron chi connectivity index (χ4n) is 0.966. The minimum Gasteiger partial charge on any atom is -0.487 e. The fourth-order valence-corrected chi connectivity index (χ4v) is 2.38. The molecular formula is C8H11NO3S2. The molecule has 6 heteroatoms. The molecule has 0 saturated carbocycles.